The van der Waals surface area contributed by atoms with Crippen molar-refractivity contribution < 1.29 is 5.11 Å². The molecule has 2 atom stereocenters. The standard InChI is InChI=1S/C14H22O/c1-4-5-13-6-8-14(9-7-13)11(2)10-12(3)15/h6-9,11-12,15H,4-5,10H2,1-3H3. The van der Waals surface area contributed by atoms with E-state index in [1.165, 1.54) is 17.5 Å². The first-order valence-corrected chi connectivity index (χ1v) is 5.90. The summed E-state index contributed by atoms with van der Waals surface area (Å²) in [6.07, 6.45) is 2.98. The second-order valence-corrected chi connectivity index (χ2v) is 4.48. The van der Waals surface area contributed by atoms with E-state index in [4.69, 9.17) is 0 Å². The number of rotatable bonds is 5. The Bertz CT molecular complexity index is 274. The highest BCUT2D eigenvalue weighted by molar-refractivity contribution is 5.25. The minimum Gasteiger partial charge on any atom is -0.393 e. The summed E-state index contributed by atoms with van der Waals surface area (Å²) in [6, 6.07) is 8.80. The maximum atomic E-state index is 9.32. The van der Waals surface area contributed by atoms with Gasteiger partial charge < -0.3 is 5.11 Å². The fourth-order valence-electron chi connectivity index (χ4n) is 1.95. The van der Waals surface area contributed by atoms with Gasteiger partial charge in [-0.15, -0.1) is 0 Å². The van der Waals surface area contributed by atoms with Gasteiger partial charge in [0.05, 0.1) is 6.10 Å². The highest BCUT2D eigenvalue weighted by Gasteiger charge is 2.08. The second kappa shape index (κ2) is 5.92. The minimum absolute atomic E-state index is 0.213. The monoisotopic (exact) mass is 206 g/mol. The number of benzene rings is 1. The van der Waals surface area contributed by atoms with Crippen LogP contribution in [0.5, 0.6) is 0 Å². The van der Waals surface area contributed by atoms with Gasteiger partial charge in [0.25, 0.3) is 0 Å². The smallest absolute Gasteiger partial charge is 0.0517 e. The number of aliphatic hydroxyl groups excluding tert-OH is 1. The Morgan fingerprint density at radius 1 is 1.13 bits per heavy atom. The summed E-state index contributed by atoms with van der Waals surface area (Å²) in [5.74, 6) is 0.445. The Hall–Kier alpha value is -0.820. The van der Waals surface area contributed by atoms with Crippen molar-refractivity contribution in [3.63, 3.8) is 0 Å². The molecule has 0 amide bonds. The summed E-state index contributed by atoms with van der Waals surface area (Å²) in [5.41, 5.74) is 2.74. The zero-order valence-electron chi connectivity index (χ0n) is 10.0. The Kier molecular flexibility index (Phi) is 4.83. The molecule has 0 radical (unpaired) electrons. The zero-order chi connectivity index (χ0) is 11.3. The fraction of sp³-hybridized carbons (Fsp3) is 0.571. The molecule has 0 aliphatic carbocycles. The Balaban J connectivity index is 2.62. The molecule has 0 bridgehead atoms. The summed E-state index contributed by atoms with van der Waals surface area (Å²) < 4.78 is 0. The van der Waals surface area contributed by atoms with E-state index in [1.807, 2.05) is 6.92 Å². The molecule has 2 unspecified atom stereocenters. The van der Waals surface area contributed by atoms with E-state index in [2.05, 4.69) is 38.1 Å². The molecule has 1 rings (SSSR count). The van der Waals surface area contributed by atoms with E-state index in [0.29, 0.717) is 5.92 Å². The van der Waals surface area contributed by atoms with Gasteiger partial charge in [0.15, 0.2) is 0 Å². The topological polar surface area (TPSA) is 20.2 Å². The SMILES string of the molecule is CCCc1ccc(C(C)CC(C)O)cc1. The van der Waals surface area contributed by atoms with Crippen molar-refractivity contribution in [3.05, 3.63) is 35.4 Å². The van der Waals surface area contributed by atoms with Crippen LogP contribution in [-0.2, 0) is 6.42 Å². The quantitative estimate of drug-likeness (QED) is 0.781. The van der Waals surface area contributed by atoms with Crippen LogP contribution in [0.25, 0.3) is 0 Å². The average molecular weight is 206 g/mol. The van der Waals surface area contributed by atoms with E-state index >= 15 is 0 Å². The van der Waals surface area contributed by atoms with Crippen LogP contribution in [0.4, 0.5) is 0 Å². The van der Waals surface area contributed by atoms with Crippen molar-refractivity contribution in [2.75, 3.05) is 0 Å². The average Bonchev–Trinajstić information content (AvgIpc) is 2.18. The number of aryl methyl sites for hydroxylation is 1. The first-order chi connectivity index (χ1) is 7.13. The van der Waals surface area contributed by atoms with Crippen molar-refractivity contribution in [1.29, 1.82) is 0 Å². The molecule has 0 aliphatic heterocycles. The fourth-order valence-corrected chi connectivity index (χ4v) is 1.95. The molecule has 1 N–H and O–H groups in total. The summed E-state index contributed by atoms with van der Waals surface area (Å²) in [7, 11) is 0. The van der Waals surface area contributed by atoms with Gasteiger partial charge in [0.2, 0.25) is 0 Å². The maximum Gasteiger partial charge on any atom is 0.0517 e. The molecule has 0 aromatic heterocycles. The summed E-state index contributed by atoms with van der Waals surface area (Å²) in [4.78, 5) is 0. The van der Waals surface area contributed by atoms with Gasteiger partial charge in [-0.25, -0.2) is 0 Å². The first kappa shape index (κ1) is 12.3. The van der Waals surface area contributed by atoms with Crippen LogP contribution in [0.2, 0.25) is 0 Å². The molecule has 0 heterocycles. The summed E-state index contributed by atoms with van der Waals surface area (Å²) >= 11 is 0. The molecule has 1 heteroatoms. The van der Waals surface area contributed by atoms with Crippen molar-refractivity contribution in [3.8, 4) is 0 Å². The van der Waals surface area contributed by atoms with Crippen LogP contribution in [0, 0.1) is 0 Å². The molecule has 84 valence electrons. The Morgan fingerprint density at radius 3 is 2.20 bits per heavy atom. The van der Waals surface area contributed by atoms with Crippen molar-refractivity contribution >= 4 is 0 Å². The molecule has 0 aliphatic rings. The summed E-state index contributed by atoms with van der Waals surface area (Å²) in [6.45, 7) is 6.22. The molecule has 0 spiro atoms. The van der Waals surface area contributed by atoms with E-state index < -0.39 is 0 Å². The maximum absolute atomic E-state index is 9.32. The first-order valence-electron chi connectivity index (χ1n) is 5.90. The largest absolute Gasteiger partial charge is 0.393 e. The molecule has 0 saturated carbocycles. The van der Waals surface area contributed by atoms with Gasteiger partial charge in [-0.3, -0.25) is 0 Å². The highest BCUT2D eigenvalue weighted by Crippen LogP contribution is 2.21. The van der Waals surface area contributed by atoms with E-state index in [-0.39, 0.29) is 6.10 Å². The third-order valence-corrected chi connectivity index (χ3v) is 2.78. The van der Waals surface area contributed by atoms with Crippen molar-refractivity contribution in [1.82, 2.24) is 0 Å². The second-order valence-electron chi connectivity index (χ2n) is 4.48. The van der Waals surface area contributed by atoms with Gasteiger partial charge in [0.1, 0.15) is 0 Å². The number of hydrogen-bond donors (Lipinski definition) is 1. The third-order valence-electron chi connectivity index (χ3n) is 2.78. The Labute approximate surface area is 93.1 Å². The van der Waals surface area contributed by atoms with Crippen LogP contribution in [0.1, 0.15) is 50.7 Å². The molecule has 1 nitrogen and oxygen atoms in total. The molecule has 15 heavy (non-hydrogen) atoms. The lowest BCUT2D eigenvalue weighted by atomic mass is 9.94. The van der Waals surface area contributed by atoms with Crippen molar-refractivity contribution in [2.24, 2.45) is 0 Å². The highest BCUT2D eigenvalue weighted by atomic mass is 16.3. The number of hydrogen-bond acceptors (Lipinski definition) is 1. The van der Waals surface area contributed by atoms with Gasteiger partial charge in [-0.2, -0.15) is 0 Å². The van der Waals surface area contributed by atoms with Crippen LogP contribution in [0.3, 0.4) is 0 Å². The van der Waals surface area contributed by atoms with Crippen LogP contribution in [0.15, 0.2) is 24.3 Å². The summed E-state index contributed by atoms with van der Waals surface area (Å²) in [5, 5.41) is 9.32. The van der Waals surface area contributed by atoms with Gasteiger partial charge >= 0.3 is 0 Å². The molecular formula is C14H22O. The van der Waals surface area contributed by atoms with E-state index in [1.54, 1.807) is 0 Å². The lowest BCUT2D eigenvalue weighted by Crippen LogP contribution is -2.05. The lowest BCUT2D eigenvalue weighted by Gasteiger charge is -2.14. The molecule has 1 aromatic carbocycles. The third kappa shape index (κ3) is 4.05. The lowest BCUT2D eigenvalue weighted by molar-refractivity contribution is 0.176. The van der Waals surface area contributed by atoms with Crippen LogP contribution in [-0.4, -0.2) is 11.2 Å². The normalized spacial score (nSPS) is 14.9. The van der Waals surface area contributed by atoms with Gasteiger partial charge in [-0.05, 0) is 36.8 Å². The van der Waals surface area contributed by atoms with E-state index in [9.17, 15) is 5.11 Å². The zero-order valence-corrected chi connectivity index (χ0v) is 10.0. The van der Waals surface area contributed by atoms with E-state index in [0.717, 1.165) is 12.8 Å². The molecular weight excluding hydrogens is 184 g/mol. The van der Waals surface area contributed by atoms with Crippen LogP contribution >= 0.6 is 0 Å². The molecule has 1 aromatic rings. The predicted molar refractivity (Wildman–Crippen MR) is 65.1 cm³/mol. The molecule has 0 fully saturated rings. The molecule has 0 saturated heterocycles. The predicted octanol–water partition coefficient (Wildman–Crippen LogP) is 3.51. The van der Waals surface area contributed by atoms with Crippen molar-refractivity contribution in [2.45, 2.75) is 52.1 Å². The van der Waals surface area contributed by atoms with Crippen LogP contribution < -0.4 is 0 Å². The minimum atomic E-state index is -0.213. The Morgan fingerprint density at radius 2 is 1.73 bits per heavy atom. The van der Waals surface area contributed by atoms with Gasteiger partial charge in [-0.1, -0.05) is 44.5 Å². The van der Waals surface area contributed by atoms with Gasteiger partial charge in [0, 0.05) is 0 Å². The number of aliphatic hydroxyl groups is 1.